The Balaban J connectivity index is 1.27. The molecule has 0 unspecified atom stereocenters. The number of alkyl halides is 1. The molecule has 3 aromatic heterocycles. The normalized spacial score (nSPS) is 27.0. The molecule has 7 heterocycles. The van der Waals surface area contributed by atoms with Crippen LogP contribution in [-0.2, 0) is 0 Å². The van der Waals surface area contributed by atoms with Crippen molar-refractivity contribution in [3.8, 4) is 23.3 Å². The maximum Gasteiger partial charge on any atom is 0.319 e. The Hall–Kier alpha value is -4.13. The summed E-state index contributed by atoms with van der Waals surface area (Å²) in [5, 5.41) is 13.6. The molecule has 4 atom stereocenters. The van der Waals surface area contributed by atoms with Crippen LogP contribution in [0.15, 0.2) is 30.5 Å². The number of nitrogen functional groups attached to an aromatic ring is 1. The number of halogens is 5. The highest BCUT2D eigenvalue weighted by Gasteiger charge is 2.50. The standard InChI is InChI=1S/C32H29F5N8OS/c33-16-8-32(5-1-7-45(32)12-16)15-46-30-41-26-20(29(42-30)44-13-17-4-6-31(14-44,43-17)9-22(35)36)11-40-25(24(26)37)18-2-3-21(34)27-23(18)19(10-38)28(39)47-27/h2-3,9,11,16-17,43H,1,4-8,12-15,39H2/t16-,17-,31-,32+/m1/s1. The minimum Gasteiger partial charge on any atom is -0.461 e. The van der Waals surface area contributed by atoms with E-state index in [9.17, 15) is 22.8 Å². The number of aromatic nitrogens is 3. The fraction of sp³-hybridized carbons (Fsp3) is 0.438. The van der Waals surface area contributed by atoms with Crippen LogP contribution in [0.4, 0.5) is 32.8 Å². The number of nitrogens with one attached hydrogen (secondary N) is 1. The number of benzene rings is 1. The maximum absolute atomic E-state index is 16.8. The number of fused-ring (bicyclic) bond motifs is 5. The summed E-state index contributed by atoms with van der Waals surface area (Å²) in [6.07, 6.45) is 2.65. The first kappa shape index (κ1) is 30.2. The number of hydrogen-bond acceptors (Lipinski definition) is 10. The molecule has 4 aliphatic rings. The lowest BCUT2D eigenvalue weighted by molar-refractivity contribution is 0.107. The highest BCUT2D eigenvalue weighted by atomic mass is 32.1. The summed E-state index contributed by atoms with van der Waals surface area (Å²) >= 11 is 0.891. The van der Waals surface area contributed by atoms with Crippen LogP contribution in [0.1, 0.15) is 37.7 Å². The predicted molar refractivity (Wildman–Crippen MR) is 167 cm³/mol. The molecule has 47 heavy (non-hydrogen) atoms. The second-order valence-electron chi connectivity index (χ2n) is 13.0. The molecule has 0 radical (unpaired) electrons. The Morgan fingerprint density at radius 1 is 1.23 bits per heavy atom. The summed E-state index contributed by atoms with van der Waals surface area (Å²) in [6, 6.07) is 4.25. The summed E-state index contributed by atoms with van der Waals surface area (Å²) in [7, 11) is 0. The van der Waals surface area contributed by atoms with E-state index in [2.05, 4.69) is 25.2 Å². The molecule has 0 spiro atoms. The summed E-state index contributed by atoms with van der Waals surface area (Å²) in [4.78, 5) is 17.5. The zero-order valence-corrected chi connectivity index (χ0v) is 25.8. The lowest BCUT2D eigenvalue weighted by Gasteiger charge is -2.40. The van der Waals surface area contributed by atoms with Gasteiger partial charge in [0.2, 0.25) is 0 Å². The van der Waals surface area contributed by atoms with E-state index in [1.165, 1.54) is 18.3 Å². The summed E-state index contributed by atoms with van der Waals surface area (Å²) in [5.74, 6) is -1.19. The van der Waals surface area contributed by atoms with Crippen molar-refractivity contribution in [2.24, 2.45) is 0 Å². The van der Waals surface area contributed by atoms with Crippen LogP contribution in [0, 0.1) is 23.0 Å². The van der Waals surface area contributed by atoms with Gasteiger partial charge in [-0.05, 0) is 44.4 Å². The van der Waals surface area contributed by atoms with E-state index in [-0.39, 0.29) is 73.8 Å². The Morgan fingerprint density at radius 3 is 2.89 bits per heavy atom. The second-order valence-corrected chi connectivity index (χ2v) is 14.0. The minimum atomic E-state index is -1.80. The third kappa shape index (κ3) is 4.87. The number of nitrogens with zero attached hydrogens (tertiary/aromatic N) is 6. The molecule has 0 amide bonds. The number of nitriles is 1. The number of piperazine rings is 1. The number of nitrogens with two attached hydrogens (primary N) is 1. The predicted octanol–water partition coefficient (Wildman–Crippen LogP) is 5.68. The molecule has 2 bridgehead atoms. The van der Waals surface area contributed by atoms with Gasteiger partial charge in [0.1, 0.15) is 46.7 Å². The Bertz CT molecular complexity index is 2010. The van der Waals surface area contributed by atoms with Gasteiger partial charge in [-0.2, -0.15) is 24.0 Å². The molecule has 1 aromatic carbocycles. The summed E-state index contributed by atoms with van der Waals surface area (Å²) in [5.41, 5.74) is 4.36. The van der Waals surface area contributed by atoms with E-state index in [0.717, 1.165) is 36.8 Å². The topological polar surface area (TPSA) is 116 Å². The molecule has 4 fully saturated rings. The van der Waals surface area contributed by atoms with Gasteiger partial charge < -0.3 is 20.7 Å². The van der Waals surface area contributed by atoms with Crippen LogP contribution in [0.2, 0.25) is 0 Å². The molecule has 9 nitrogen and oxygen atoms in total. The van der Waals surface area contributed by atoms with Gasteiger partial charge in [0.25, 0.3) is 6.08 Å². The van der Waals surface area contributed by atoms with Crippen molar-refractivity contribution in [2.75, 3.05) is 43.4 Å². The second kappa shape index (κ2) is 11.0. The molecule has 244 valence electrons. The van der Waals surface area contributed by atoms with Crippen LogP contribution < -0.4 is 20.7 Å². The Morgan fingerprint density at radius 2 is 2.09 bits per heavy atom. The molecule has 4 aliphatic heterocycles. The largest absolute Gasteiger partial charge is 0.461 e. The van der Waals surface area contributed by atoms with Gasteiger partial charge >= 0.3 is 6.01 Å². The highest BCUT2D eigenvalue weighted by Crippen LogP contribution is 2.44. The lowest BCUT2D eigenvalue weighted by Crippen LogP contribution is -2.59. The monoisotopic (exact) mass is 668 g/mol. The molecule has 15 heteroatoms. The van der Waals surface area contributed by atoms with E-state index in [4.69, 9.17) is 10.5 Å². The van der Waals surface area contributed by atoms with Crippen molar-refractivity contribution in [3.05, 3.63) is 47.7 Å². The van der Waals surface area contributed by atoms with Crippen molar-refractivity contribution >= 4 is 43.1 Å². The van der Waals surface area contributed by atoms with Gasteiger partial charge in [0, 0.05) is 55.3 Å². The number of anilines is 2. The SMILES string of the molecule is N#Cc1c(N)sc2c(F)ccc(-c3ncc4c(N5C[C@H]6CC[C@@](C=C(F)F)(C5)N6)nc(OC[C@@]56CCCN5C[C@H](F)C6)nc4c3F)c12. The smallest absolute Gasteiger partial charge is 0.319 e. The fourth-order valence-corrected chi connectivity index (χ4v) is 9.05. The Labute approximate surface area is 269 Å². The first-order chi connectivity index (χ1) is 22.6. The van der Waals surface area contributed by atoms with Crippen LogP contribution in [0.5, 0.6) is 6.01 Å². The van der Waals surface area contributed by atoms with Crippen LogP contribution >= 0.6 is 11.3 Å². The third-order valence-corrected chi connectivity index (χ3v) is 11.1. The summed E-state index contributed by atoms with van der Waals surface area (Å²) in [6.45, 7) is 1.72. The average Bonchev–Trinajstić information content (AvgIpc) is 3.75. The average molecular weight is 669 g/mol. The molecule has 0 aliphatic carbocycles. The minimum absolute atomic E-state index is 0.0195. The van der Waals surface area contributed by atoms with E-state index in [0.29, 0.717) is 32.4 Å². The molecular weight excluding hydrogens is 639 g/mol. The molecule has 8 rings (SSSR count). The molecule has 4 aromatic rings. The van der Waals surface area contributed by atoms with Crippen LogP contribution in [0.3, 0.4) is 0 Å². The number of thiophene rings is 1. The number of hydrogen-bond donors (Lipinski definition) is 2. The molecular formula is C32H29F5N8OS. The third-order valence-electron chi connectivity index (χ3n) is 10.1. The van der Waals surface area contributed by atoms with Gasteiger partial charge in [-0.25, -0.2) is 13.2 Å². The molecule has 4 saturated heterocycles. The highest BCUT2D eigenvalue weighted by molar-refractivity contribution is 7.23. The number of pyridine rings is 1. The quantitative estimate of drug-likeness (QED) is 0.250. The van der Waals surface area contributed by atoms with Crippen molar-refractivity contribution in [1.29, 1.82) is 5.26 Å². The van der Waals surface area contributed by atoms with E-state index < -0.39 is 35.0 Å². The number of ether oxygens (including phenoxy) is 1. The van der Waals surface area contributed by atoms with Gasteiger partial charge in [-0.15, -0.1) is 11.3 Å². The first-order valence-corrected chi connectivity index (χ1v) is 16.3. The zero-order valence-electron chi connectivity index (χ0n) is 25.0. The van der Waals surface area contributed by atoms with E-state index in [1.807, 2.05) is 11.0 Å². The van der Waals surface area contributed by atoms with Crippen molar-refractivity contribution < 1.29 is 26.7 Å². The summed E-state index contributed by atoms with van der Waals surface area (Å²) < 4.78 is 79.4. The van der Waals surface area contributed by atoms with Crippen LogP contribution in [0.25, 0.3) is 32.2 Å². The maximum atomic E-state index is 16.8. The zero-order chi connectivity index (χ0) is 32.7. The fourth-order valence-electron chi connectivity index (χ4n) is 8.11. The first-order valence-electron chi connectivity index (χ1n) is 15.4. The Kier molecular flexibility index (Phi) is 7.05. The van der Waals surface area contributed by atoms with Gasteiger partial charge in [0.05, 0.1) is 26.7 Å². The van der Waals surface area contributed by atoms with Crippen molar-refractivity contribution in [3.63, 3.8) is 0 Å². The molecule has 3 N–H and O–H groups in total. The van der Waals surface area contributed by atoms with Crippen LogP contribution in [-0.4, -0.2) is 75.9 Å². The van der Waals surface area contributed by atoms with Crippen molar-refractivity contribution in [1.82, 2.24) is 25.2 Å². The van der Waals surface area contributed by atoms with Crippen molar-refractivity contribution in [2.45, 2.75) is 55.4 Å². The van der Waals surface area contributed by atoms with E-state index in [1.54, 1.807) is 0 Å². The van der Waals surface area contributed by atoms with E-state index >= 15 is 4.39 Å². The lowest BCUT2D eigenvalue weighted by atomic mass is 9.95. The van der Waals surface area contributed by atoms with Gasteiger partial charge in [0.15, 0.2) is 5.82 Å². The van der Waals surface area contributed by atoms with Gasteiger partial charge in [-0.1, -0.05) is 0 Å². The van der Waals surface area contributed by atoms with Gasteiger partial charge in [-0.3, -0.25) is 9.88 Å². The molecule has 0 saturated carbocycles. The number of rotatable bonds is 6.